The summed E-state index contributed by atoms with van der Waals surface area (Å²) in [7, 11) is 0. The number of aryl methyl sites for hydroxylation is 3. The van der Waals surface area contributed by atoms with Crippen LogP contribution in [0.2, 0.25) is 0 Å². The average molecular weight is 256 g/mol. The van der Waals surface area contributed by atoms with Crippen molar-refractivity contribution in [3.8, 4) is 0 Å². The summed E-state index contributed by atoms with van der Waals surface area (Å²) < 4.78 is 0. The molecule has 0 unspecified atom stereocenters. The van der Waals surface area contributed by atoms with Crippen LogP contribution < -0.4 is 0 Å². The minimum absolute atomic E-state index is 0.0681. The standard InChI is InChI=1S/C16H16OS/c1-11-4-8-15(12(2)10-11)16(17)9-7-14-6-5-13(3)18-14/h4-10H,1-3H3. The first-order valence-corrected chi connectivity index (χ1v) is 6.74. The van der Waals surface area contributed by atoms with Gasteiger partial charge in [0.1, 0.15) is 0 Å². The van der Waals surface area contributed by atoms with Gasteiger partial charge in [0.2, 0.25) is 0 Å². The molecule has 0 aliphatic heterocycles. The van der Waals surface area contributed by atoms with E-state index in [4.69, 9.17) is 0 Å². The number of carbonyl (C=O) groups is 1. The number of ketones is 1. The molecule has 0 aliphatic rings. The van der Waals surface area contributed by atoms with Crippen molar-refractivity contribution >= 4 is 23.2 Å². The van der Waals surface area contributed by atoms with Gasteiger partial charge in [-0.15, -0.1) is 11.3 Å². The summed E-state index contributed by atoms with van der Waals surface area (Å²) in [5.74, 6) is 0.0681. The van der Waals surface area contributed by atoms with Crippen molar-refractivity contribution in [2.24, 2.45) is 0 Å². The number of carbonyl (C=O) groups excluding carboxylic acids is 1. The lowest BCUT2D eigenvalue weighted by molar-refractivity contribution is 0.104. The normalized spacial score (nSPS) is 11.1. The number of hydrogen-bond donors (Lipinski definition) is 0. The van der Waals surface area contributed by atoms with E-state index in [0.29, 0.717) is 0 Å². The molecule has 1 aromatic carbocycles. The fourth-order valence-corrected chi connectivity index (χ4v) is 2.66. The molecule has 0 saturated heterocycles. The van der Waals surface area contributed by atoms with Crippen LogP contribution in [0.3, 0.4) is 0 Å². The Morgan fingerprint density at radius 2 is 1.89 bits per heavy atom. The quantitative estimate of drug-likeness (QED) is 0.580. The Balaban J connectivity index is 2.19. The molecule has 2 aromatic rings. The molecule has 92 valence electrons. The number of rotatable bonds is 3. The molecule has 0 aliphatic carbocycles. The van der Waals surface area contributed by atoms with Gasteiger partial charge in [0.25, 0.3) is 0 Å². The maximum atomic E-state index is 12.1. The van der Waals surface area contributed by atoms with Gasteiger partial charge in [-0.2, -0.15) is 0 Å². The predicted molar refractivity (Wildman–Crippen MR) is 78.3 cm³/mol. The molecule has 2 rings (SSSR count). The van der Waals surface area contributed by atoms with Gasteiger partial charge in [-0.05, 0) is 50.6 Å². The molecule has 0 atom stereocenters. The highest BCUT2D eigenvalue weighted by Gasteiger charge is 2.05. The van der Waals surface area contributed by atoms with Crippen LogP contribution in [0.25, 0.3) is 6.08 Å². The van der Waals surface area contributed by atoms with Crippen LogP contribution in [0.5, 0.6) is 0 Å². The van der Waals surface area contributed by atoms with Crippen LogP contribution in [0.15, 0.2) is 36.4 Å². The van der Waals surface area contributed by atoms with Crippen molar-refractivity contribution in [3.05, 3.63) is 62.9 Å². The Morgan fingerprint density at radius 1 is 1.11 bits per heavy atom. The maximum absolute atomic E-state index is 12.1. The second-order valence-corrected chi connectivity index (χ2v) is 5.78. The highest BCUT2D eigenvalue weighted by molar-refractivity contribution is 7.12. The Kier molecular flexibility index (Phi) is 3.78. The smallest absolute Gasteiger partial charge is 0.186 e. The third kappa shape index (κ3) is 2.96. The molecule has 0 saturated carbocycles. The number of hydrogen-bond acceptors (Lipinski definition) is 2. The van der Waals surface area contributed by atoms with E-state index in [1.807, 2.05) is 44.2 Å². The van der Waals surface area contributed by atoms with Crippen molar-refractivity contribution in [1.82, 2.24) is 0 Å². The Morgan fingerprint density at radius 3 is 2.50 bits per heavy atom. The van der Waals surface area contributed by atoms with E-state index in [-0.39, 0.29) is 5.78 Å². The number of allylic oxidation sites excluding steroid dienone is 1. The van der Waals surface area contributed by atoms with Crippen molar-refractivity contribution < 1.29 is 4.79 Å². The van der Waals surface area contributed by atoms with Gasteiger partial charge in [0, 0.05) is 15.3 Å². The molecule has 1 aromatic heterocycles. The van der Waals surface area contributed by atoms with Crippen molar-refractivity contribution in [2.45, 2.75) is 20.8 Å². The molecule has 0 N–H and O–H groups in total. The van der Waals surface area contributed by atoms with Gasteiger partial charge < -0.3 is 0 Å². The van der Waals surface area contributed by atoms with Gasteiger partial charge in [0.05, 0.1) is 0 Å². The molecular weight excluding hydrogens is 240 g/mol. The Hall–Kier alpha value is -1.67. The minimum atomic E-state index is 0.0681. The topological polar surface area (TPSA) is 17.1 Å². The molecule has 0 fully saturated rings. The van der Waals surface area contributed by atoms with Crippen LogP contribution in [-0.4, -0.2) is 5.78 Å². The molecule has 0 amide bonds. The predicted octanol–water partition coefficient (Wildman–Crippen LogP) is 4.57. The van der Waals surface area contributed by atoms with E-state index in [9.17, 15) is 4.79 Å². The van der Waals surface area contributed by atoms with Crippen molar-refractivity contribution in [1.29, 1.82) is 0 Å². The number of thiophene rings is 1. The maximum Gasteiger partial charge on any atom is 0.186 e. The third-order valence-electron chi connectivity index (χ3n) is 2.81. The molecular formula is C16H16OS. The summed E-state index contributed by atoms with van der Waals surface area (Å²) in [6, 6.07) is 10.0. The largest absolute Gasteiger partial charge is 0.289 e. The van der Waals surface area contributed by atoms with Gasteiger partial charge in [0.15, 0.2) is 5.78 Å². The zero-order valence-corrected chi connectivity index (χ0v) is 11.7. The fraction of sp³-hybridized carbons (Fsp3) is 0.188. The van der Waals surface area contributed by atoms with Gasteiger partial charge in [-0.3, -0.25) is 4.79 Å². The zero-order valence-electron chi connectivity index (χ0n) is 10.9. The van der Waals surface area contributed by atoms with Crippen molar-refractivity contribution in [2.75, 3.05) is 0 Å². The number of benzene rings is 1. The molecule has 1 nitrogen and oxygen atoms in total. The Labute approximate surface area is 112 Å². The van der Waals surface area contributed by atoms with E-state index >= 15 is 0 Å². The first kappa shape index (κ1) is 12.8. The van der Waals surface area contributed by atoms with Gasteiger partial charge >= 0.3 is 0 Å². The summed E-state index contributed by atoms with van der Waals surface area (Å²) in [5.41, 5.74) is 3.00. The van der Waals surface area contributed by atoms with E-state index in [0.717, 1.165) is 16.0 Å². The summed E-state index contributed by atoms with van der Waals surface area (Å²) in [6.07, 6.45) is 3.54. The summed E-state index contributed by atoms with van der Waals surface area (Å²) in [4.78, 5) is 14.4. The molecule has 0 spiro atoms. The van der Waals surface area contributed by atoms with E-state index in [1.165, 1.54) is 10.4 Å². The lowest BCUT2D eigenvalue weighted by Crippen LogP contribution is -1.97. The van der Waals surface area contributed by atoms with Crippen LogP contribution >= 0.6 is 11.3 Å². The van der Waals surface area contributed by atoms with Crippen LogP contribution in [0.1, 0.15) is 31.2 Å². The van der Waals surface area contributed by atoms with Crippen LogP contribution in [-0.2, 0) is 0 Å². The lowest BCUT2D eigenvalue weighted by atomic mass is 10.0. The average Bonchev–Trinajstić information content (AvgIpc) is 2.72. The third-order valence-corrected chi connectivity index (χ3v) is 3.77. The fourth-order valence-electron chi connectivity index (χ4n) is 1.88. The first-order chi connectivity index (χ1) is 8.56. The highest BCUT2D eigenvalue weighted by atomic mass is 32.1. The second kappa shape index (κ2) is 5.32. The second-order valence-electron chi connectivity index (χ2n) is 4.46. The van der Waals surface area contributed by atoms with Crippen LogP contribution in [0, 0.1) is 20.8 Å². The zero-order chi connectivity index (χ0) is 13.1. The summed E-state index contributed by atoms with van der Waals surface area (Å²) in [6.45, 7) is 6.07. The van der Waals surface area contributed by atoms with E-state index in [1.54, 1.807) is 17.4 Å². The highest BCUT2D eigenvalue weighted by Crippen LogP contribution is 2.17. The lowest BCUT2D eigenvalue weighted by Gasteiger charge is -2.02. The van der Waals surface area contributed by atoms with Crippen LogP contribution in [0.4, 0.5) is 0 Å². The van der Waals surface area contributed by atoms with E-state index in [2.05, 4.69) is 13.0 Å². The SMILES string of the molecule is Cc1ccc(C(=O)C=Cc2ccc(C)s2)c(C)c1. The molecule has 1 heterocycles. The molecule has 2 heteroatoms. The van der Waals surface area contributed by atoms with E-state index < -0.39 is 0 Å². The van der Waals surface area contributed by atoms with Gasteiger partial charge in [-0.1, -0.05) is 23.8 Å². The van der Waals surface area contributed by atoms with Crippen molar-refractivity contribution in [3.63, 3.8) is 0 Å². The Bertz CT molecular complexity index is 605. The molecule has 0 radical (unpaired) electrons. The summed E-state index contributed by atoms with van der Waals surface area (Å²) in [5, 5.41) is 0. The minimum Gasteiger partial charge on any atom is -0.289 e. The monoisotopic (exact) mass is 256 g/mol. The summed E-state index contributed by atoms with van der Waals surface area (Å²) >= 11 is 1.69. The molecule has 18 heavy (non-hydrogen) atoms. The van der Waals surface area contributed by atoms with Gasteiger partial charge in [-0.25, -0.2) is 0 Å². The molecule has 0 bridgehead atoms. The first-order valence-electron chi connectivity index (χ1n) is 5.92.